The molecule has 3 heteroatoms. The fourth-order valence-electron chi connectivity index (χ4n) is 0.622. The Labute approximate surface area is 55.6 Å². The second-order valence-corrected chi connectivity index (χ2v) is 1.87. The zero-order valence-corrected chi connectivity index (χ0v) is 5.63. The van der Waals surface area contributed by atoms with E-state index < -0.39 is 0 Å². The molecule has 1 aromatic rings. The SMILES string of the molecule is C[B]c1cncc(C)n1. The zero-order valence-electron chi connectivity index (χ0n) is 5.63. The second-order valence-electron chi connectivity index (χ2n) is 1.87. The molecule has 1 heterocycles. The first-order chi connectivity index (χ1) is 4.33. The van der Waals surface area contributed by atoms with Gasteiger partial charge in [-0.1, -0.05) is 6.82 Å². The average molecular weight is 119 g/mol. The standard InChI is InChI=1S/C6H8BN2/c1-5-3-8-4-6(7-2)9-5/h3-4H,1-2H3. The molecule has 0 fully saturated rings. The van der Waals surface area contributed by atoms with Crippen molar-refractivity contribution in [1.82, 2.24) is 9.97 Å². The van der Waals surface area contributed by atoms with Crippen LogP contribution in [0.25, 0.3) is 0 Å². The number of rotatable bonds is 1. The van der Waals surface area contributed by atoms with Gasteiger partial charge in [-0.3, -0.25) is 9.97 Å². The normalized spacial score (nSPS) is 9.11. The first kappa shape index (κ1) is 6.27. The number of aromatic nitrogens is 2. The van der Waals surface area contributed by atoms with E-state index in [4.69, 9.17) is 0 Å². The summed E-state index contributed by atoms with van der Waals surface area (Å²) in [5, 5.41) is 0. The Kier molecular flexibility index (Phi) is 1.83. The molecule has 1 rings (SSSR count). The highest BCUT2D eigenvalue weighted by molar-refractivity contribution is 6.50. The van der Waals surface area contributed by atoms with Gasteiger partial charge < -0.3 is 0 Å². The number of aryl methyl sites for hydroxylation is 1. The van der Waals surface area contributed by atoms with Crippen LogP contribution in [0.5, 0.6) is 0 Å². The third-order valence-electron chi connectivity index (χ3n) is 1.07. The lowest BCUT2D eigenvalue weighted by Crippen LogP contribution is -2.16. The van der Waals surface area contributed by atoms with E-state index >= 15 is 0 Å². The summed E-state index contributed by atoms with van der Waals surface area (Å²) in [6.45, 7) is 3.88. The van der Waals surface area contributed by atoms with Gasteiger partial charge in [0.1, 0.15) is 0 Å². The molecule has 0 aromatic carbocycles. The van der Waals surface area contributed by atoms with Crippen molar-refractivity contribution < 1.29 is 0 Å². The van der Waals surface area contributed by atoms with E-state index in [1.807, 2.05) is 21.0 Å². The van der Waals surface area contributed by atoms with Gasteiger partial charge in [0.15, 0.2) is 7.28 Å². The van der Waals surface area contributed by atoms with Crippen LogP contribution < -0.4 is 5.59 Å². The van der Waals surface area contributed by atoms with Gasteiger partial charge in [0, 0.05) is 18.0 Å². The van der Waals surface area contributed by atoms with Gasteiger partial charge in [0.25, 0.3) is 0 Å². The van der Waals surface area contributed by atoms with Crippen LogP contribution in [0.4, 0.5) is 0 Å². The van der Waals surface area contributed by atoms with Crippen LogP contribution in [-0.2, 0) is 0 Å². The van der Waals surface area contributed by atoms with E-state index in [0.29, 0.717) is 0 Å². The smallest absolute Gasteiger partial charge is 0.176 e. The monoisotopic (exact) mass is 119 g/mol. The quantitative estimate of drug-likeness (QED) is 0.492. The molecule has 0 aliphatic carbocycles. The molecular formula is C6H8BN2. The van der Waals surface area contributed by atoms with E-state index in [9.17, 15) is 0 Å². The van der Waals surface area contributed by atoms with Gasteiger partial charge in [0.05, 0.1) is 5.69 Å². The summed E-state index contributed by atoms with van der Waals surface area (Å²) in [4.78, 5) is 8.13. The van der Waals surface area contributed by atoms with Crippen LogP contribution >= 0.6 is 0 Å². The zero-order chi connectivity index (χ0) is 6.69. The molecule has 0 bridgehead atoms. The lowest BCUT2D eigenvalue weighted by molar-refractivity contribution is 1.15. The van der Waals surface area contributed by atoms with Crippen molar-refractivity contribution in [2.75, 3.05) is 0 Å². The lowest BCUT2D eigenvalue weighted by Gasteiger charge is -1.93. The maximum Gasteiger partial charge on any atom is 0.176 e. The fourth-order valence-corrected chi connectivity index (χ4v) is 0.622. The summed E-state index contributed by atoms with van der Waals surface area (Å²) >= 11 is 0. The maximum absolute atomic E-state index is 4.17. The predicted octanol–water partition coefficient (Wildman–Crippen LogP) is 0.163. The highest BCUT2D eigenvalue weighted by Gasteiger charge is 1.90. The number of nitrogens with zero attached hydrogens (tertiary/aromatic N) is 2. The van der Waals surface area contributed by atoms with Crippen LogP contribution in [0.1, 0.15) is 5.69 Å². The minimum atomic E-state index is 0.940. The second kappa shape index (κ2) is 2.62. The van der Waals surface area contributed by atoms with Gasteiger partial charge in [0.2, 0.25) is 0 Å². The molecule has 45 valence electrons. The van der Waals surface area contributed by atoms with Crippen molar-refractivity contribution in [3.05, 3.63) is 18.1 Å². The minimum Gasteiger partial charge on any atom is -0.266 e. The van der Waals surface area contributed by atoms with Crippen LogP contribution in [0.15, 0.2) is 12.4 Å². The molecule has 0 spiro atoms. The third-order valence-corrected chi connectivity index (χ3v) is 1.07. The Hall–Kier alpha value is -0.855. The van der Waals surface area contributed by atoms with Crippen LogP contribution in [0.3, 0.4) is 0 Å². The van der Waals surface area contributed by atoms with Crippen molar-refractivity contribution >= 4 is 12.9 Å². The summed E-state index contributed by atoms with van der Waals surface area (Å²) < 4.78 is 0. The Bertz CT molecular complexity index is 200. The maximum atomic E-state index is 4.17. The molecule has 0 aliphatic heterocycles. The molecule has 9 heavy (non-hydrogen) atoms. The van der Waals surface area contributed by atoms with Crippen molar-refractivity contribution in [1.29, 1.82) is 0 Å². The molecule has 0 N–H and O–H groups in total. The first-order valence-corrected chi connectivity index (χ1v) is 2.91. The van der Waals surface area contributed by atoms with Crippen LogP contribution in [0, 0.1) is 6.92 Å². The number of hydrogen-bond donors (Lipinski definition) is 0. The largest absolute Gasteiger partial charge is 0.266 e. The van der Waals surface area contributed by atoms with Crippen LogP contribution in [0.2, 0.25) is 6.82 Å². The molecule has 0 unspecified atom stereocenters. The van der Waals surface area contributed by atoms with Gasteiger partial charge in [-0.25, -0.2) is 0 Å². The minimum absolute atomic E-state index is 0.940. The molecule has 2 nitrogen and oxygen atoms in total. The third kappa shape index (κ3) is 1.52. The van der Waals surface area contributed by atoms with Gasteiger partial charge in [-0.2, -0.15) is 0 Å². The summed E-state index contributed by atoms with van der Waals surface area (Å²) in [6, 6.07) is 0. The molecule has 0 amide bonds. The highest BCUT2D eigenvalue weighted by atomic mass is 14.8. The predicted molar refractivity (Wildman–Crippen MR) is 38.0 cm³/mol. The summed E-state index contributed by atoms with van der Waals surface area (Å²) in [5.74, 6) is 0. The molecule has 1 radical (unpaired) electrons. The van der Waals surface area contributed by atoms with Crippen LogP contribution in [-0.4, -0.2) is 17.2 Å². The average Bonchev–Trinajstić information content (AvgIpc) is 1.88. The lowest BCUT2D eigenvalue weighted by atomic mass is 9.78. The van der Waals surface area contributed by atoms with Gasteiger partial charge >= 0.3 is 0 Å². The van der Waals surface area contributed by atoms with Gasteiger partial charge in [-0.05, 0) is 6.92 Å². The van der Waals surface area contributed by atoms with Crippen molar-refractivity contribution in [2.45, 2.75) is 13.7 Å². The van der Waals surface area contributed by atoms with Crippen molar-refractivity contribution in [3.63, 3.8) is 0 Å². The summed E-state index contributed by atoms with van der Waals surface area (Å²) in [5.41, 5.74) is 1.90. The van der Waals surface area contributed by atoms with Gasteiger partial charge in [-0.15, -0.1) is 0 Å². The molecule has 1 aromatic heterocycles. The molecular weight excluding hydrogens is 111 g/mol. The Morgan fingerprint density at radius 2 is 2.22 bits per heavy atom. The summed E-state index contributed by atoms with van der Waals surface area (Å²) in [7, 11) is 1.93. The van der Waals surface area contributed by atoms with E-state index in [1.54, 1.807) is 12.4 Å². The molecule has 0 saturated carbocycles. The molecule has 0 atom stereocenters. The first-order valence-electron chi connectivity index (χ1n) is 2.91. The molecule has 0 aliphatic rings. The van der Waals surface area contributed by atoms with Crippen molar-refractivity contribution in [2.24, 2.45) is 0 Å². The van der Waals surface area contributed by atoms with E-state index in [-0.39, 0.29) is 0 Å². The highest BCUT2D eigenvalue weighted by Crippen LogP contribution is 1.80. The van der Waals surface area contributed by atoms with E-state index in [1.165, 1.54) is 0 Å². The number of hydrogen-bond acceptors (Lipinski definition) is 2. The summed E-state index contributed by atoms with van der Waals surface area (Å²) in [6.07, 6.45) is 3.49. The topological polar surface area (TPSA) is 25.8 Å². The van der Waals surface area contributed by atoms with Crippen molar-refractivity contribution in [3.8, 4) is 0 Å². The van der Waals surface area contributed by atoms with E-state index in [0.717, 1.165) is 11.3 Å². The Morgan fingerprint density at radius 1 is 1.44 bits per heavy atom. The Balaban J connectivity index is 2.94. The fraction of sp³-hybridized carbons (Fsp3) is 0.333. The Morgan fingerprint density at radius 3 is 2.67 bits per heavy atom. The van der Waals surface area contributed by atoms with E-state index in [2.05, 4.69) is 9.97 Å². The molecule has 0 saturated heterocycles.